The predicted molar refractivity (Wildman–Crippen MR) is 162 cm³/mol. The van der Waals surface area contributed by atoms with Crippen LogP contribution in [0.25, 0.3) is 0 Å². The average Bonchev–Trinajstić information content (AvgIpc) is 2.97. The lowest BCUT2D eigenvalue weighted by Crippen LogP contribution is -2.57. The van der Waals surface area contributed by atoms with Crippen LogP contribution in [0.2, 0.25) is 0 Å². The number of nitrogens with two attached hydrogens (primary N) is 2. The van der Waals surface area contributed by atoms with Gasteiger partial charge in [0.25, 0.3) is 0 Å². The Balaban J connectivity index is 2.25. The molecule has 0 radical (unpaired) electrons. The smallest absolute Gasteiger partial charge is 0.326 e. The number of carboxylic acid groups (broad SMARTS) is 1. The first kappa shape index (κ1) is 34.2. The molecule has 8 N–H and O–H groups in total. The van der Waals surface area contributed by atoms with Crippen molar-refractivity contribution in [3.8, 4) is 0 Å². The molecule has 0 saturated carbocycles. The number of carbonyl (C=O) groups excluding carboxylic acids is 3. The number of urea groups is 1. The second-order valence-corrected chi connectivity index (χ2v) is 10.8. The number of hydrogen-bond acceptors (Lipinski definition) is 6. The summed E-state index contributed by atoms with van der Waals surface area (Å²) < 4.78 is 0. The number of unbranched alkanes of at least 4 members (excludes halogenated alkanes) is 1. The van der Waals surface area contributed by atoms with Gasteiger partial charge in [0.15, 0.2) is 0 Å². The van der Waals surface area contributed by atoms with Crippen LogP contribution in [-0.4, -0.2) is 72.1 Å². The minimum absolute atomic E-state index is 0.0195. The van der Waals surface area contributed by atoms with E-state index < -0.39 is 48.0 Å². The van der Waals surface area contributed by atoms with Crippen LogP contribution in [0.15, 0.2) is 60.7 Å². The monoisotopic (exact) mass is 582 g/mol. The Hall–Kier alpha value is -3.96. The summed E-state index contributed by atoms with van der Waals surface area (Å²) in [5.74, 6) is -2.28. The number of nitrogens with one attached hydrogen (secondary N) is 3. The lowest BCUT2D eigenvalue weighted by Gasteiger charge is -2.30. The normalized spacial score (nSPS) is 13.9. The molecule has 2 aromatic carbocycles. The van der Waals surface area contributed by atoms with E-state index in [4.69, 9.17) is 11.5 Å². The summed E-state index contributed by atoms with van der Waals surface area (Å²) in [5.41, 5.74) is 13.2. The summed E-state index contributed by atoms with van der Waals surface area (Å²) in [4.78, 5) is 53.5. The molecule has 0 bridgehead atoms. The first-order valence-corrected chi connectivity index (χ1v) is 14.4. The van der Waals surface area contributed by atoms with E-state index in [9.17, 15) is 24.3 Å². The van der Waals surface area contributed by atoms with Gasteiger partial charge in [-0.25, -0.2) is 9.59 Å². The molecular formula is C31H46N6O5. The van der Waals surface area contributed by atoms with Gasteiger partial charge in [-0.15, -0.1) is 0 Å². The fraction of sp³-hybridized carbons (Fsp3) is 0.484. The van der Waals surface area contributed by atoms with Crippen LogP contribution < -0.4 is 27.4 Å². The van der Waals surface area contributed by atoms with Crippen molar-refractivity contribution in [3.63, 3.8) is 0 Å². The van der Waals surface area contributed by atoms with Crippen molar-refractivity contribution in [2.75, 3.05) is 20.1 Å². The van der Waals surface area contributed by atoms with Gasteiger partial charge in [-0.3, -0.25) is 9.59 Å². The van der Waals surface area contributed by atoms with Gasteiger partial charge in [-0.05, 0) is 49.3 Å². The largest absolute Gasteiger partial charge is 0.480 e. The summed E-state index contributed by atoms with van der Waals surface area (Å²) in [6.07, 6.45) is 1.86. The van der Waals surface area contributed by atoms with Crippen LogP contribution in [0.5, 0.6) is 0 Å². The van der Waals surface area contributed by atoms with E-state index in [1.54, 1.807) is 7.05 Å². The van der Waals surface area contributed by atoms with E-state index in [0.29, 0.717) is 19.4 Å². The van der Waals surface area contributed by atoms with Gasteiger partial charge in [0, 0.05) is 20.0 Å². The van der Waals surface area contributed by atoms with E-state index in [1.165, 1.54) is 4.90 Å². The molecule has 11 nitrogen and oxygen atoms in total. The minimum Gasteiger partial charge on any atom is -0.480 e. The van der Waals surface area contributed by atoms with E-state index in [-0.39, 0.29) is 31.7 Å². The standard InChI is InChI=1S/C31H46N6O5/c1-21(2)18-25(28(38)34-24(30(40)41)16-10-11-17-32)35-29(39)26(19-22-12-6-4-7-13-22)36-31(42)37(3)27(20-33)23-14-8-5-9-15-23/h4-9,12-15,21,24-27H,10-11,16-20,32-33H2,1-3H3,(H,34,38)(H,35,39)(H,36,42)(H,40,41). The first-order valence-electron chi connectivity index (χ1n) is 14.4. The van der Waals surface area contributed by atoms with Crippen molar-refractivity contribution in [3.05, 3.63) is 71.8 Å². The highest BCUT2D eigenvalue weighted by atomic mass is 16.4. The highest BCUT2D eigenvalue weighted by molar-refractivity contribution is 5.93. The Labute approximate surface area is 248 Å². The molecule has 230 valence electrons. The quantitative estimate of drug-likeness (QED) is 0.155. The molecule has 42 heavy (non-hydrogen) atoms. The minimum atomic E-state index is -1.15. The number of carbonyl (C=O) groups is 4. The van der Waals surface area contributed by atoms with Crippen LogP contribution >= 0.6 is 0 Å². The second-order valence-electron chi connectivity index (χ2n) is 10.8. The van der Waals surface area contributed by atoms with E-state index in [2.05, 4.69) is 16.0 Å². The Morgan fingerprint density at radius 1 is 0.810 bits per heavy atom. The van der Waals surface area contributed by atoms with Crippen molar-refractivity contribution < 1.29 is 24.3 Å². The van der Waals surface area contributed by atoms with Crippen LogP contribution in [0.4, 0.5) is 4.79 Å². The van der Waals surface area contributed by atoms with Gasteiger partial charge in [0.1, 0.15) is 18.1 Å². The number of aliphatic carboxylic acids is 1. The summed E-state index contributed by atoms with van der Waals surface area (Å²) in [6, 6.07) is 14.6. The lowest BCUT2D eigenvalue weighted by atomic mass is 10.0. The molecule has 2 aromatic rings. The van der Waals surface area contributed by atoms with Crippen molar-refractivity contribution in [1.82, 2.24) is 20.9 Å². The molecule has 11 heteroatoms. The summed E-state index contributed by atoms with van der Waals surface area (Å²) in [6.45, 7) is 4.40. The average molecular weight is 583 g/mol. The third kappa shape index (κ3) is 11.1. The molecule has 4 atom stereocenters. The predicted octanol–water partition coefficient (Wildman–Crippen LogP) is 2.17. The Morgan fingerprint density at radius 2 is 1.38 bits per heavy atom. The molecule has 2 rings (SSSR count). The maximum absolute atomic E-state index is 13.7. The zero-order valence-corrected chi connectivity index (χ0v) is 24.8. The maximum Gasteiger partial charge on any atom is 0.326 e. The Kier molecular flexibility index (Phi) is 14.5. The van der Waals surface area contributed by atoms with Crippen LogP contribution in [-0.2, 0) is 20.8 Å². The van der Waals surface area contributed by atoms with Crippen molar-refractivity contribution in [2.45, 2.75) is 70.1 Å². The second kappa shape index (κ2) is 17.8. The molecular weight excluding hydrogens is 536 g/mol. The maximum atomic E-state index is 13.7. The van der Waals surface area contributed by atoms with Crippen LogP contribution in [0, 0.1) is 5.92 Å². The highest BCUT2D eigenvalue weighted by Gasteiger charge is 2.31. The third-order valence-electron chi connectivity index (χ3n) is 6.99. The molecule has 4 amide bonds. The van der Waals surface area contributed by atoms with Crippen LogP contribution in [0.3, 0.4) is 0 Å². The fourth-order valence-corrected chi connectivity index (χ4v) is 4.64. The summed E-state index contributed by atoms with van der Waals surface area (Å²) in [7, 11) is 1.61. The topological polar surface area (TPSA) is 180 Å². The van der Waals surface area contributed by atoms with Crippen molar-refractivity contribution in [1.29, 1.82) is 0 Å². The number of rotatable bonds is 17. The van der Waals surface area contributed by atoms with Gasteiger partial charge in [-0.2, -0.15) is 0 Å². The van der Waals surface area contributed by atoms with E-state index in [1.807, 2.05) is 74.5 Å². The molecule has 0 aromatic heterocycles. The Morgan fingerprint density at radius 3 is 1.93 bits per heavy atom. The first-order chi connectivity index (χ1) is 20.1. The number of amides is 4. The molecule has 4 unspecified atom stereocenters. The van der Waals surface area contributed by atoms with Gasteiger partial charge in [0.05, 0.1) is 6.04 Å². The zero-order valence-electron chi connectivity index (χ0n) is 24.8. The zero-order chi connectivity index (χ0) is 31.1. The number of benzene rings is 2. The summed E-state index contributed by atoms with van der Waals surface area (Å²) >= 11 is 0. The molecule has 0 aliphatic carbocycles. The molecule has 0 saturated heterocycles. The summed E-state index contributed by atoms with van der Waals surface area (Å²) in [5, 5.41) is 17.8. The lowest BCUT2D eigenvalue weighted by molar-refractivity contribution is -0.142. The van der Waals surface area contributed by atoms with Gasteiger partial charge in [0.2, 0.25) is 11.8 Å². The molecule has 0 fully saturated rings. The molecule has 0 aliphatic heterocycles. The van der Waals surface area contributed by atoms with Crippen molar-refractivity contribution >= 4 is 23.8 Å². The Bertz CT molecular complexity index is 1130. The van der Waals surface area contributed by atoms with E-state index >= 15 is 0 Å². The fourth-order valence-electron chi connectivity index (χ4n) is 4.64. The van der Waals surface area contributed by atoms with Crippen LogP contribution in [0.1, 0.15) is 56.7 Å². The van der Waals surface area contributed by atoms with Crippen molar-refractivity contribution in [2.24, 2.45) is 17.4 Å². The molecule has 0 heterocycles. The molecule has 0 aliphatic rings. The third-order valence-corrected chi connectivity index (χ3v) is 6.99. The number of carboxylic acids is 1. The number of nitrogens with zero attached hydrogens (tertiary/aromatic N) is 1. The van der Waals surface area contributed by atoms with Gasteiger partial charge >= 0.3 is 12.0 Å². The van der Waals surface area contributed by atoms with E-state index in [0.717, 1.165) is 11.1 Å². The highest BCUT2D eigenvalue weighted by Crippen LogP contribution is 2.18. The molecule has 0 spiro atoms. The SMILES string of the molecule is CC(C)CC(NC(=O)C(Cc1ccccc1)NC(=O)N(C)C(CN)c1ccccc1)C(=O)NC(CCCCN)C(=O)O. The van der Waals surface area contributed by atoms with Gasteiger partial charge < -0.3 is 37.4 Å². The van der Waals surface area contributed by atoms with Gasteiger partial charge in [-0.1, -0.05) is 74.5 Å². The number of hydrogen-bond donors (Lipinski definition) is 6. The number of likely N-dealkylation sites (N-methyl/N-ethyl adjacent to an activating group) is 1.